The van der Waals surface area contributed by atoms with Gasteiger partial charge in [-0.3, -0.25) is 4.79 Å². The lowest BCUT2D eigenvalue weighted by atomic mass is 9.93. The zero-order valence-corrected chi connectivity index (χ0v) is 18.4. The fraction of sp³-hybridized carbons (Fsp3) is 0.250. The van der Waals surface area contributed by atoms with Crippen molar-refractivity contribution in [1.82, 2.24) is 9.47 Å². The number of benzene rings is 3. The van der Waals surface area contributed by atoms with Gasteiger partial charge in [-0.15, -0.1) is 0 Å². The molecule has 0 aliphatic carbocycles. The second kappa shape index (κ2) is 7.73. The molecule has 156 valence electrons. The predicted octanol–water partition coefficient (Wildman–Crippen LogP) is 6.50. The van der Waals surface area contributed by atoms with Crippen LogP contribution in [0.5, 0.6) is 0 Å². The van der Waals surface area contributed by atoms with Crippen LogP contribution in [0.2, 0.25) is 0 Å². The van der Waals surface area contributed by atoms with Crippen molar-refractivity contribution in [3.63, 3.8) is 0 Å². The molecule has 1 aliphatic rings. The van der Waals surface area contributed by atoms with Crippen molar-refractivity contribution in [2.75, 3.05) is 6.54 Å². The first-order valence-electron chi connectivity index (χ1n) is 11.2. The Labute approximate surface area is 183 Å². The molecule has 4 aromatic rings. The number of aromatic nitrogens is 1. The fourth-order valence-corrected chi connectivity index (χ4v) is 5.00. The highest BCUT2D eigenvalue weighted by molar-refractivity contribution is 6.02. The normalized spacial score (nSPS) is 15.6. The van der Waals surface area contributed by atoms with E-state index in [0.717, 1.165) is 30.5 Å². The Kier molecular flexibility index (Phi) is 4.90. The maximum absolute atomic E-state index is 13.4. The van der Waals surface area contributed by atoms with E-state index in [1.165, 1.54) is 33.3 Å². The molecule has 3 aromatic carbocycles. The van der Waals surface area contributed by atoms with Crippen molar-refractivity contribution in [1.29, 1.82) is 0 Å². The van der Waals surface area contributed by atoms with Crippen molar-refractivity contribution >= 4 is 16.8 Å². The summed E-state index contributed by atoms with van der Waals surface area (Å²) in [7, 11) is 2.14. The molecule has 0 saturated carbocycles. The molecule has 0 saturated heterocycles. The standard InChI is InChI=1S/C28H28N2O/c1-4-5-18-30-27(21-10-6-7-11-22(21)28(30)31)25-23-12-8-9-13-24(23)29(3)26(25)20-16-14-19(2)15-17-20/h6-17,27H,4-5,18H2,1-3H3/t27-/m0/s1. The molecule has 0 bridgehead atoms. The maximum Gasteiger partial charge on any atom is 0.255 e. The summed E-state index contributed by atoms with van der Waals surface area (Å²) >= 11 is 0. The second-order valence-corrected chi connectivity index (χ2v) is 8.55. The minimum absolute atomic E-state index is 0.0716. The van der Waals surface area contributed by atoms with Gasteiger partial charge in [0.25, 0.3) is 5.91 Å². The van der Waals surface area contributed by atoms with E-state index in [2.05, 4.69) is 91.0 Å². The maximum atomic E-state index is 13.4. The van der Waals surface area contributed by atoms with Crippen LogP contribution in [-0.2, 0) is 7.05 Å². The minimum Gasteiger partial charge on any atom is -0.343 e. The van der Waals surface area contributed by atoms with Crippen LogP contribution in [0.1, 0.15) is 52.9 Å². The molecular formula is C28H28N2O. The number of amides is 1. The van der Waals surface area contributed by atoms with Crippen molar-refractivity contribution in [3.8, 4) is 11.3 Å². The van der Waals surface area contributed by atoms with E-state index in [0.29, 0.717) is 0 Å². The summed E-state index contributed by atoms with van der Waals surface area (Å²) in [5, 5.41) is 1.22. The predicted molar refractivity (Wildman–Crippen MR) is 127 cm³/mol. The largest absolute Gasteiger partial charge is 0.343 e. The zero-order chi connectivity index (χ0) is 21.5. The number of aryl methyl sites for hydroxylation is 2. The van der Waals surface area contributed by atoms with Gasteiger partial charge in [0, 0.05) is 35.6 Å². The molecule has 0 spiro atoms. The molecule has 1 atom stereocenters. The molecule has 0 fully saturated rings. The molecule has 1 aliphatic heterocycles. The number of rotatable bonds is 5. The van der Waals surface area contributed by atoms with Gasteiger partial charge < -0.3 is 9.47 Å². The average molecular weight is 409 g/mol. The SMILES string of the molecule is CCCCN1C(=O)c2ccccc2[C@H]1c1c(-c2ccc(C)cc2)n(C)c2ccccc12. The lowest BCUT2D eigenvalue weighted by molar-refractivity contribution is 0.0748. The van der Waals surface area contributed by atoms with Crippen LogP contribution < -0.4 is 0 Å². The smallest absolute Gasteiger partial charge is 0.255 e. The lowest BCUT2D eigenvalue weighted by Gasteiger charge is -2.27. The summed E-state index contributed by atoms with van der Waals surface area (Å²) in [6, 6.07) is 25.4. The van der Waals surface area contributed by atoms with Crippen LogP contribution in [0.4, 0.5) is 0 Å². The summed E-state index contributed by atoms with van der Waals surface area (Å²) in [5.74, 6) is 0.150. The van der Waals surface area contributed by atoms with Crippen LogP contribution in [-0.4, -0.2) is 21.9 Å². The van der Waals surface area contributed by atoms with Crippen molar-refractivity contribution in [2.45, 2.75) is 32.7 Å². The van der Waals surface area contributed by atoms with E-state index < -0.39 is 0 Å². The van der Waals surface area contributed by atoms with E-state index in [-0.39, 0.29) is 11.9 Å². The third-order valence-corrected chi connectivity index (χ3v) is 6.56. The molecular weight excluding hydrogens is 380 g/mol. The number of fused-ring (bicyclic) bond motifs is 2. The summed E-state index contributed by atoms with van der Waals surface area (Å²) in [6.07, 6.45) is 2.06. The average Bonchev–Trinajstić information content (AvgIpc) is 3.24. The first-order valence-corrected chi connectivity index (χ1v) is 11.2. The quantitative estimate of drug-likeness (QED) is 0.370. The van der Waals surface area contributed by atoms with Crippen LogP contribution in [0.25, 0.3) is 22.2 Å². The van der Waals surface area contributed by atoms with Crippen LogP contribution >= 0.6 is 0 Å². The molecule has 31 heavy (non-hydrogen) atoms. The first kappa shape index (κ1) is 19.6. The van der Waals surface area contributed by atoms with Gasteiger partial charge in [-0.1, -0.05) is 79.6 Å². The van der Waals surface area contributed by atoms with Gasteiger partial charge in [0.1, 0.15) is 0 Å². The highest BCUT2D eigenvalue weighted by atomic mass is 16.2. The highest BCUT2D eigenvalue weighted by Gasteiger charge is 2.40. The number of hydrogen-bond acceptors (Lipinski definition) is 1. The Morgan fingerprint density at radius 2 is 1.61 bits per heavy atom. The van der Waals surface area contributed by atoms with E-state index in [1.54, 1.807) is 0 Å². The Bertz CT molecular complexity index is 1270. The van der Waals surface area contributed by atoms with Crippen LogP contribution in [0, 0.1) is 6.92 Å². The van der Waals surface area contributed by atoms with Gasteiger partial charge in [-0.05, 0) is 36.6 Å². The summed E-state index contributed by atoms with van der Waals surface area (Å²) < 4.78 is 2.29. The molecule has 5 rings (SSSR count). The van der Waals surface area contributed by atoms with Crippen molar-refractivity contribution in [3.05, 3.63) is 95.1 Å². The molecule has 1 aromatic heterocycles. The molecule has 0 radical (unpaired) electrons. The van der Waals surface area contributed by atoms with Crippen molar-refractivity contribution in [2.24, 2.45) is 7.05 Å². The number of carbonyl (C=O) groups excluding carboxylic acids is 1. The van der Waals surface area contributed by atoms with Gasteiger partial charge >= 0.3 is 0 Å². The van der Waals surface area contributed by atoms with Gasteiger partial charge in [-0.2, -0.15) is 0 Å². The number of carbonyl (C=O) groups is 1. The molecule has 1 amide bonds. The van der Waals surface area contributed by atoms with E-state index in [1.807, 2.05) is 12.1 Å². The van der Waals surface area contributed by atoms with Gasteiger partial charge in [0.15, 0.2) is 0 Å². The highest BCUT2D eigenvalue weighted by Crippen LogP contribution is 2.46. The Morgan fingerprint density at radius 1 is 0.903 bits per heavy atom. The van der Waals surface area contributed by atoms with Gasteiger partial charge in [-0.25, -0.2) is 0 Å². The lowest BCUT2D eigenvalue weighted by Crippen LogP contribution is -2.30. The molecule has 0 unspecified atom stereocenters. The fourth-order valence-electron chi connectivity index (χ4n) is 5.00. The van der Waals surface area contributed by atoms with E-state index in [9.17, 15) is 4.79 Å². The number of para-hydroxylation sites is 1. The summed E-state index contributed by atoms with van der Waals surface area (Å²) in [4.78, 5) is 15.5. The van der Waals surface area contributed by atoms with Gasteiger partial charge in [0.2, 0.25) is 0 Å². The number of nitrogens with zero attached hydrogens (tertiary/aromatic N) is 2. The first-order chi connectivity index (χ1) is 15.1. The molecule has 3 nitrogen and oxygen atoms in total. The molecule has 0 N–H and O–H groups in total. The van der Waals surface area contributed by atoms with E-state index >= 15 is 0 Å². The van der Waals surface area contributed by atoms with Gasteiger partial charge in [0.05, 0.1) is 11.7 Å². The third kappa shape index (κ3) is 3.07. The number of unbranched alkanes of at least 4 members (excludes halogenated alkanes) is 1. The third-order valence-electron chi connectivity index (χ3n) is 6.56. The minimum atomic E-state index is -0.0716. The summed E-state index contributed by atoms with van der Waals surface area (Å²) in [6.45, 7) is 5.06. The Hall–Kier alpha value is -3.33. The second-order valence-electron chi connectivity index (χ2n) is 8.55. The monoisotopic (exact) mass is 408 g/mol. The van der Waals surface area contributed by atoms with E-state index in [4.69, 9.17) is 0 Å². The molecule has 3 heteroatoms. The number of hydrogen-bond donors (Lipinski definition) is 0. The summed E-state index contributed by atoms with van der Waals surface area (Å²) in [5.41, 5.74) is 8.01. The van der Waals surface area contributed by atoms with Crippen LogP contribution in [0.15, 0.2) is 72.8 Å². The van der Waals surface area contributed by atoms with Crippen molar-refractivity contribution < 1.29 is 4.79 Å². The molecule has 2 heterocycles. The van der Waals surface area contributed by atoms with Crippen LogP contribution in [0.3, 0.4) is 0 Å². The Morgan fingerprint density at radius 3 is 2.39 bits per heavy atom. The zero-order valence-electron chi connectivity index (χ0n) is 18.4. The topological polar surface area (TPSA) is 25.2 Å². The Balaban J connectivity index is 1.82.